The molecule has 9 rings (SSSR count). The quantitative estimate of drug-likeness (QED) is 0.164. The molecule has 4 aliphatic rings. The molecule has 51 heavy (non-hydrogen) atoms. The van der Waals surface area contributed by atoms with Gasteiger partial charge >= 0.3 is 0 Å². The average Bonchev–Trinajstić information content (AvgIpc) is 3.99. The molecule has 8 heteroatoms. The topological polar surface area (TPSA) is 67.4 Å². The van der Waals surface area contributed by atoms with Crippen molar-refractivity contribution in [2.75, 3.05) is 33.3 Å². The van der Waals surface area contributed by atoms with Crippen LogP contribution in [0.4, 0.5) is 0 Å². The highest BCUT2D eigenvalue weighted by Crippen LogP contribution is 2.52. The van der Waals surface area contributed by atoms with E-state index in [1.165, 1.54) is 16.7 Å². The Morgan fingerprint density at radius 1 is 0.549 bits per heavy atom. The van der Waals surface area contributed by atoms with Gasteiger partial charge in [0, 0.05) is 23.8 Å². The summed E-state index contributed by atoms with van der Waals surface area (Å²) in [6.07, 6.45) is 1.13. The van der Waals surface area contributed by atoms with E-state index in [-0.39, 0.29) is 38.2 Å². The van der Waals surface area contributed by atoms with Crippen molar-refractivity contribution < 1.29 is 28.4 Å². The van der Waals surface area contributed by atoms with Crippen LogP contribution in [0.5, 0.6) is 23.0 Å². The van der Waals surface area contributed by atoms with Crippen molar-refractivity contribution in [3.8, 4) is 23.0 Å². The zero-order valence-corrected chi connectivity index (χ0v) is 29.5. The lowest BCUT2D eigenvalue weighted by Gasteiger charge is -2.20. The van der Waals surface area contributed by atoms with E-state index in [1.807, 2.05) is 24.3 Å². The number of ether oxygens (including phenoxy) is 6. The van der Waals surface area contributed by atoms with Gasteiger partial charge in [-0.25, -0.2) is 0 Å². The van der Waals surface area contributed by atoms with Crippen LogP contribution in [0.2, 0.25) is 0 Å². The van der Waals surface area contributed by atoms with Crippen LogP contribution in [0.15, 0.2) is 127 Å². The monoisotopic (exact) mass is 705 g/mol. The Bertz CT molecular complexity index is 1750. The molecule has 4 aliphatic heterocycles. The van der Waals surface area contributed by atoms with Gasteiger partial charge in [0.15, 0.2) is 23.0 Å². The predicted octanol–water partition coefficient (Wildman–Crippen LogP) is 9.20. The van der Waals surface area contributed by atoms with Crippen LogP contribution < -0.4 is 24.3 Å². The van der Waals surface area contributed by atoms with Crippen LogP contribution in [-0.4, -0.2) is 33.3 Å². The summed E-state index contributed by atoms with van der Waals surface area (Å²) >= 11 is 0. The summed E-state index contributed by atoms with van der Waals surface area (Å²) in [6.45, 7) is 5.16. The Kier molecular flexibility index (Phi) is 11.1. The fourth-order valence-corrected chi connectivity index (χ4v) is 7.62. The molecule has 0 radical (unpaired) electrons. The second-order valence-electron chi connectivity index (χ2n) is 13.3. The van der Waals surface area contributed by atoms with E-state index >= 15 is 0 Å². The maximum absolute atomic E-state index is 6.18. The molecule has 5 aromatic carbocycles. The van der Waals surface area contributed by atoms with E-state index < -0.39 is 0 Å². The van der Waals surface area contributed by atoms with Gasteiger partial charge in [0.05, 0.1) is 25.4 Å². The first kappa shape index (κ1) is 34.9. The van der Waals surface area contributed by atoms with Crippen molar-refractivity contribution in [1.82, 2.24) is 5.32 Å². The number of rotatable bonds is 9. The van der Waals surface area contributed by atoms with Gasteiger partial charge in [0.1, 0.15) is 0 Å². The lowest BCUT2D eigenvalue weighted by Crippen LogP contribution is -2.21. The summed E-state index contributed by atoms with van der Waals surface area (Å²) in [5.41, 5.74) is 6.36. The van der Waals surface area contributed by atoms with Crippen molar-refractivity contribution in [2.45, 2.75) is 37.5 Å². The molecule has 2 fully saturated rings. The normalized spacial score (nSPS) is 21.4. The molecule has 5 aromatic rings. The van der Waals surface area contributed by atoms with E-state index in [2.05, 4.69) is 115 Å². The largest absolute Gasteiger partial charge is 0.454 e. The molecule has 7 nitrogen and oxygen atoms in total. The molecule has 0 spiro atoms. The molecule has 0 aromatic heterocycles. The maximum atomic E-state index is 6.18. The first-order valence-corrected chi connectivity index (χ1v) is 17.6. The zero-order valence-electron chi connectivity index (χ0n) is 28.7. The highest BCUT2D eigenvalue weighted by molar-refractivity contribution is 5.85. The van der Waals surface area contributed by atoms with Crippen molar-refractivity contribution in [3.63, 3.8) is 0 Å². The highest BCUT2D eigenvalue weighted by atomic mass is 35.5. The number of fused-ring (bicyclic) bond motifs is 3. The van der Waals surface area contributed by atoms with Crippen LogP contribution in [0, 0.1) is 11.8 Å². The van der Waals surface area contributed by atoms with Crippen LogP contribution in [0.1, 0.15) is 65.3 Å². The molecular formula is C43H44ClNO6. The fraction of sp³-hybridized carbons (Fsp3) is 0.302. The molecule has 0 amide bonds. The Morgan fingerprint density at radius 2 is 0.980 bits per heavy atom. The van der Waals surface area contributed by atoms with Crippen molar-refractivity contribution in [3.05, 3.63) is 155 Å². The molecule has 0 aliphatic carbocycles. The van der Waals surface area contributed by atoms with E-state index in [0.29, 0.717) is 37.0 Å². The van der Waals surface area contributed by atoms with E-state index in [4.69, 9.17) is 28.4 Å². The van der Waals surface area contributed by atoms with Gasteiger partial charge in [0.25, 0.3) is 0 Å². The van der Waals surface area contributed by atoms with Crippen LogP contribution in [0.25, 0.3) is 0 Å². The lowest BCUT2D eigenvalue weighted by molar-refractivity contribution is 0.0192. The lowest BCUT2D eigenvalue weighted by atomic mass is 9.85. The smallest absolute Gasteiger partial charge is 0.231 e. The summed E-state index contributed by atoms with van der Waals surface area (Å²) in [7, 11) is 0. The van der Waals surface area contributed by atoms with Crippen molar-refractivity contribution >= 4 is 12.4 Å². The molecule has 2 saturated heterocycles. The summed E-state index contributed by atoms with van der Waals surface area (Å²) in [5.74, 6) is 4.26. The first-order valence-electron chi connectivity index (χ1n) is 17.6. The molecule has 0 saturated carbocycles. The highest BCUT2D eigenvalue weighted by Gasteiger charge is 2.48. The molecular weight excluding hydrogens is 662 g/mol. The molecule has 1 N–H and O–H groups in total. The minimum Gasteiger partial charge on any atom is -0.454 e. The van der Waals surface area contributed by atoms with E-state index in [1.54, 1.807) is 0 Å². The van der Waals surface area contributed by atoms with E-state index in [0.717, 1.165) is 47.1 Å². The van der Waals surface area contributed by atoms with Crippen LogP contribution in [0.3, 0.4) is 0 Å². The number of hydrogen-bond acceptors (Lipinski definition) is 7. The molecule has 264 valence electrons. The van der Waals surface area contributed by atoms with Gasteiger partial charge < -0.3 is 33.7 Å². The predicted molar refractivity (Wildman–Crippen MR) is 199 cm³/mol. The molecule has 0 bridgehead atoms. The summed E-state index contributed by atoms with van der Waals surface area (Å²) < 4.78 is 34.2. The maximum Gasteiger partial charge on any atom is 0.231 e. The second-order valence-corrected chi connectivity index (χ2v) is 13.3. The second kappa shape index (κ2) is 16.2. The third-order valence-electron chi connectivity index (χ3n) is 10.3. The number of hydrogen-bond donors (Lipinski definition) is 1. The van der Waals surface area contributed by atoms with Crippen LogP contribution in [-0.2, 0) is 9.47 Å². The summed E-state index contributed by atoms with van der Waals surface area (Å²) in [4.78, 5) is 0. The molecule has 5 atom stereocenters. The Labute approximate surface area is 306 Å². The van der Waals surface area contributed by atoms with Gasteiger partial charge in [-0.2, -0.15) is 0 Å². The molecule has 4 heterocycles. The minimum atomic E-state index is 0. The Morgan fingerprint density at radius 3 is 1.45 bits per heavy atom. The third kappa shape index (κ3) is 7.72. The number of benzene rings is 5. The summed E-state index contributed by atoms with van der Waals surface area (Å²) in [5, 5.41) is 3.67. The third-order valence-corrected chi connectivity index (χ3v) is 10.3. The zero-order chi connectivity index (χ0) is 33.7. The SMILES string of the molecule is CC(NCCC(c1ccccc1)c1ccccc1)c1ccccc1.Cl.c1cc2c(cc1C1OCC3C(c4ccc5c(c4)OCO5)OCC13)OCO2. The number of nitrogens with one attached hydrogen (secondary N) is 1. The molecule has 5 unspecified atom stereocenters. The van der Waals surface area contributed by atoms with Crippen molar-refractivity contribution in [1.29, 1.82) is 0 Å². The fourth-order valence-electron chi connectivity index (χ4n) is 7.62. The first-order chi connectivity index (χ1) is 24.7. The van der Waals surface area contributed by atoms with Crippen LogP contribution >= 0.6 is 12.4 Å². The number of halogens is 1. The van der Waals surface area contributed by atoms with Gasteiger partial charge in [-0.3, -0.25) is 0 Å². The Balaban J connectivity index is 0.000000157. The standard InChI is InChI=1S/C23H25N.C20H18O6.ClH/c1-19(20-11-5-2-6-12-20)24-18-17-23(21-13-7-3-8-14-21)22-15-9-4-10-16-22;1-3-15-17(25-9-23-15)5-11(1)19-13-7-22-20(14(13)8-21-19)12-2-4-16-18(6-12)26-10-24-16;/h2-16,19,23-24H,17-18H2,1H3;1-6,13-14,19-20H,7-10H2;1H. The van der Waals surface area contributed by atoms with Gasteiger partial charge in [-0.05, 0) is 72.0 Å². The van der Waals surface area contributed by atoms with Gasteiger partial charge in [-0.1, -0.05) is 103 Å². The minimum absolute atomic E-state index is 0. The Hall–Kier alpha value is -4.53. The van der Waals surface area contributed by atoms with Crippen molar-refractivity contribution in [2.24, 2.45) is 11.8 Å². The van der Waals surface area contributed by atoms with Gasteiger partial charge in [-0.15, -0.1) is 12.4 Å². The van der Waals surface area contributed by atoms with Gasteiger partial charge in [0.2, 0.25) is 13.6 Å². The average molecular weight is 706 g/mol. The van der Waals surface area contributed by atoms with E-state index in [9.17, 15) is 0 Å². The summed E-state index contributed by atoms with van der Waals surface area (Å²) in [6, 6.07) is 44.7.